The number of rotatable bonds is 12. The topological polar surface area (TPSA) is 230 Å². The Kier molecular flexibility index (Phi) is 11.9. The molecular formula is C31H36O14. The number of phenolic OH excluding ortho intramolecular Hbond substituents is 4. The zero-order valence-electron chi connectivity index (χ0n) is 24.5. The van der Waals surface area contributed by atoms with Crippen LogP contribution in [0.25, 0.3) is 12.2 Å². The Hall–Kier alpha value is -4.63. The Bertz CT molecular complexity index is 1330. The number of benzene rings is 2. The molecule has 0 amide bonds. The zero-order chi connectivity index (χ0) is 33.3. The molecule has 7 N–H and O–H groups in total. The van der Waals surface area contributed by atoms with Crippen molar-refractivity contribution in [1.29, 1.82) is 0 Å². The van der Waals surface area contributed by atoms with E-state index in [4.69, 9.17) is 18.9 Å². The summed E-state index contributed by atoms with van der Waals surface area (Å²) in [6.07, 6.45) is -3.06. The van der Waals surface area contributed by atoms with E-state index < -0.39 is 78.4 Å². The summed E-state index contributed by atoms with van der Waals surface area (Å²) in [6.45, 7) is 2.74. The normalized spacial score (nSPS) is 23.0. The van der Waals surface area contributed by atoms with Crippen LogP contribution >= 0.6 is 0 Å². The van der Waals surface area contributed by atoms with Gasteiger partial charge >= 0.3 is 17.9 Å². The zero-order valence-corrected chi connectivity index (χ0v) is 24.5. The molecule has 0 heterocycles. The van der Waals surface area contributed by atoms with Crippen molar-refractivity contribution in [3.63, 3.8) is 0 Å². The molecule has 0 aliphatic heterocycles. The molecule has 3 rings (SSSR count). The summed E-state index contributed by atoms with van der Waals surface area (Å²) in [7, 11) is 0. The molecule has 2 unspecified atom stereocenters. The maximum Gasteiger partial charge on any atom is 0.338 e. The minimum absolute atomic E-state index is 0.0280. The first-order valence-electron chi connectivity index (χ1n) is 13.9. The van der Waals surface area contributed by atoms with Gasteiger partial charge in [-0.15, -0.1) is 0 Å². The number of aromatic hydroxyl groups is 4. The van der Waals surface area contributed by atoms with E-state index in [0.717, 1.165) is 12.2 Å². The highest BCUT2D eigenvalue weighted by Gasteiger charge is 2.53. The summed E-state index contributed by atoms with van der Waals surface area (Å²) in [4.78, 5) is 38.3. The molecule has 2 aromatic carbocycles. The van der Waals surface area contributed by atoms with Crippen LogP contribution in [-0.4, -0.2) is 103 Å². The van der Waals surface area contributed by atoms with E-state index in [0.29, 0.717) is 11.1 Å². The molecule has 0 aromatic heterocycles. The van der Waals surface area contributed by atoms with Crippen molar-refractivity contribution in [1.82, 2.24) is 0 Å². The Morgan fingerprint density at radius 3 is 1.71 bits per heavy atom. The van der Waals surface area contributed by atoms with Gasteiger partial charge in [-0.1, -0.05) is 12.1 Å². The van der Waals surface area contributed by atoms with Gasteiger partial charge in [0, 0.05) is 25.0 Å². The predicted molar refractivity (Wildman–Crippen MR) is 156 cm³/mol. The van der Waals surface area contributed by atoms with Crippen molar-refractivity contribution in [2.75, 3.05) is 13.2 Å². The minimum Gasteiger partial charge on any atom is -0.504 e. The highest BCUT2D eigenvalue weighted by Crippen LogP contribution is 2.34. The summed E-state index contributed by atoms with van der Waals surface area (Å²) in [5.74, 6) is -4.78. The molecule has 1 saturated carbocycles. The highest BCUT2D eigenvalue weighted by molar-refractivity contribution is 5.88. The highest BCUT2D eigenvalue weighted by atomic mass is 16.6. The number of phenols is 4. The summed E-state index contributed by atoms with van der Waals surface area (Å²) in [6, 6.07) is 7.56. The summed E-state index contributed by atoms with van der Waals surface area (Å²) in [5.41, 5.74) is -1.74. The summed E-state index contributed by atoms with van der Waals surface area (Å²) < 4.78 is 21.2. The van der Waals surface area contributed by atoms with E-state index in [1.807, 2.05) is 0 Å². The lowest BCUT2D eigenvalue weighted by Crippen LogP contribution is -2.58. The van der Waals surface area contributed by atoms with Crippen molar-refractivity contribution >= 4 is 30.1 Å². The van der Waals surface area contributed by atoms with Crippen molar-refractivity contribution in [3.05, 3.63) is 59.7 Å². The van der Waals surface area contributed by atoms with Crippen LogP contribution in [0.15, 0.2) is 48.6 Å². The summed E-state index contributed by atoms with van der Waals surface area (Å²) in [5, 5.41) is 69.8. The lowest BCUT2D eigenvalue weighted by molar-refractivity contribution is -0.207. The molecule has 1 aliphatic carbocycles. The van der Waals surface area contributed by atoms with Gasteiger partial charge in [-0.25, -0.2) is 14.4 Å². The first-order valence-corrected chi connectivity index (χ1v) is 13.9. The van der Waals surface area contributed by atoms with Gasteiger partial charge in [-0.05, 0) is 61.4 Å². The second-order valence-corrected chi connectivity index (χ2v) is 10.6. The molecule has 14 nitrogen and oxygen atoms in total. The van der Waals surface area contributed by atoms with E-state index in [1.54, 1.807) is 6.92 Å². The third-order valence-corrected chi connectivity index (χ3v) is 6.65. The van der Waals surface area contributed by atoms with Crippen LogP contribution in [-0.2, 0) is 33.3 Å². The lowest BCUT2D eigenvalue weighted by atomic mass is 9.79. The first-order chi connectivity index (χ1) is 21.2. The molecule has 0 radical (unpaired) electrons. The smallest absolute Gasteiger partial charge is 0.338 e. The molecule has 14 heteroatoms. The minimum atomic E-state index is -2.38. The summed E-state index contributed by atoms with van der Waals surface area (Å²) >= 11 is 0. The second kappa shape index (κ2) is 15.4. The van der Waals surface area contributed by atoms with Gasteiger partial charge < -0.3 is 54.7 Å². The van der Waals surface area contributed by atoms with E-state index in [1.165, 1.54) is 55.5 Å². The Labute approximate surface area is 258 Å². The molecule has 4 atom stereocenters. The van der Waals surface area contributed by atoms with Crippen molar-refractivity contribution in [2.24, 2.45) is 0 Å². The van der Waals surface area contributed by atoms with Gasteiger partial charge in [0.1, 0.15) is 24.9 Å². The van der Waals surface area contributed by atoms with E-state index in [2.05, 4.69) is 0 Å². The van der Waals surface area contributed by atoms with Crippen LogP contribution in [0.1, 0.15) is 37.8 Å². The molecule has 0 bridgehead atoms. The van der Waals surface area contributed by atoms with Crippen LogP contribution in [0, 0.1) is 0 Å². The fourth-order valence-electron chi connectivity index (χ4n) is 4.29. The molecule has 1 aliphatic rings. The van der Waals surface area contributed by atoms with Crippen LogP contribution in [0.5, 0.6) is 23.0 Å². The van der Waals surface area contributed by atoms with Crippen LogP contribution in [0.2, 0.25) is 0 Å². The average Bonchev–Trinajstić information content (AvgIpc) is 2.98. The van der Waals surface area contributed by atoms with Gasteiger partial charge in [0.2, 0.25) is 0 Å². The van der Waals surface area contributed by atoms with Crippen molar-refractivity contribution in [3.8, 4) is 23.0 Å². The molecule has 244 valence electrons. The Morgan fingerprint density at radius 1 is 0.822 bits per heavy atom. The van der Waals surface area contributed by atoms with Gasteiger partial charge in [0.25, 0.3) is 0 Å². The molecule has 45 heavy (non-hydrogen) atoms. The van der Waals surface area contributed by atoms with E-state index >= 15 is 0 Å². The number of carbonyl (C=O) groups is 3. The van der Waals surface area contributed by atoms with Crippen molar-refractivity contribution < 1.29 is 69.1 Å². The SMILES string of the molecule is CC(O)COC(C)COC(=O)[C@]1(O)C[C@@H](OC(=O)/C=C/c2ccc(O)c(O)c2)[C@@H](O)[C@H](OC(=O)/C=C/c2ccc(O)c(O)c2)C1. The standard InChI is InChI=1S/C31H36O14/c1-17(32)15-42-18(2)16-43-30(40)31(41)13-25(44-27(37)9-5-19-3-7-21(33)23(35)11-19)29(39)26(14-31)45-28(38)10-6-20-4-8-22(34)24(36)12-20/h3-12,17-18,25-26,29,32-36,39,41H,13-16H2,1-2H3/b9-5+,10-6+/t17?,18?,25-,26-,29-,31+/m1/s1. The van der Waals surface area contributed by atoms with Gasteiger partial charge in [0.15, 0.2) is 28.6 Å². The number of aliphatic hydroxyl groups is 3. The average molecular weight is 633 g/mol. The molecule has 2 aromatic rings. The number of hydrogen-bond donors (Lipinski definition) is 7. The fourth-order valence-corrected chi connectivity index (χ4v) is 4.29. The Balaban J connectivity index is 1.76. The molecular weight excluding hydrogens is 596 g/mol. The van der Waals surface area contributed by atoms with Crippen LogP contribution in [0.3, 0.4) is 0 Å². The van der Waals surface area contributed by atoms with Crippen LogP contribution in [0.4, 0.5) is 0 Å². The number of hydrogen-bond acceptors (Lipinski definition) is 14. The van der Waals surface area contributed by atoms with Crippen molar-refractivity contribution in [2.45, 2.75) is 62.8 Å². The maximum absolute atomic E-state index is 13.0. The van der Waals surface area contributed by atoms with E-state index in [-0.39, 0.29) is 24.7 Å². The lowest BCUT2D eigenvalue weighted by Gasteiger charge is -2.41. The Morgan fingerprint density at radius 2 is 1.29 bits per heavy atom. The monoisotopic (exact) mass is 632 g/mol. The molecule has 0 saturated heterocycles. The number of aliphatic hydroxyl groups excluding tert-OH is 2. The van der Waals surface area contributed by atoms with Crippen LogP contribution < -0.4 is 0 Å². The van der Waals surface area contributed by atoms with Gasteiger partial charge in [-0.2, -0.15) is 0 Å². The van der Waals surface area contributed by atoms with Gasteiger partial charge in [0.05, 0.1) is 18.8 Å². The quantitative estimate of drug-likeness (QED) is 0.0757. The third kappa shape index (κ3) is 10.2. The largest absolute Gasteiger partial charge is 0.504 e. The third-order valence-electron chi connectivity index (χ3n) is 6.65. The predicted octanol–water partition coefficient (Wildman–Crippen LogP) is 1.27. The number of esters is 3. The molecule has 0 spiro atoms. The fraction of sp³-hybridized carbons (Fsp3) is 0.387. The number of carbonyl (C=O) groups excluding carboxylic acids is 3. The number of ether oxygens (including phenoxy) is 4. The van der Waals surface area contributed by atoms with E-state index in [9.17, 15) is 50.1 Å². The van der Waals surface area contributed by atoms with Gasteiger partial charge in [-0.3, -0.25) is 0 Å². The maximum atomic E-state index is 13.0. The molecule has 1 fully saturated rings. The second-order valence-electron chi connectivity index (χ2n) is 10.6. The first kappa shape index (κ1) is 34.9.